The average molecular weight is 483 g/mol. The predicted octanol–water partition coefficient (Wildman–Crippen LogP) is 4.09. The van der Waals surface area contributed by atoms with Crippen molar-refractivity contribution >= 4 is 33.1 Å². The first-order valence-corrected chi connectivity index (χ1v) is 15.3. The van der Waals surface area contributed by atoms with Gasteiger partial charge in [0.05, 0.1) is 0 Å². The molecule has 0 heterocycles. The molecule has 2 nitrogen and oxygen atoms in total. The quantitative estimate of drug-likeness (QED) is 0.388. The monoisotopic (exact) mass is 484 g/mol. The van der Waals surface area contributed by atoms with Crippen LogP contribution in [-0.2, 0) is 0 Å². The van der Waals surface area contributed by atoms with E-state index in [1.165, 1.54) is 0 Å². The Balaban J connectivity index is 2.06. The van der Waals surface area contributed by atoms with Crippen LogP contribution in [0.15, 0.2) is 121 Å². The van der Waals surface area contributed by atoms with E-state index in [4.69, 9.17) is 0 Å². The van der Waals surface area contributed by atoms with Gasteiger partial charge in [0.2, 0.25) is 0 Å². The molecule has 3 heteroatoms. The molecule has 0 fully saturated rings. The van der Waals surface area contributed by atoms with Crippen LogP contribution >= 0.6 is 0 Å². The number of carbonyl (C=O) groups excluding carboxylic acids is 2. The zero-order chi connectivity index (χ0) is 20.1. The van der Waals surface area contributed by atoms with Crippen molar-refractivity contribution in [3.05, 3.63) is 132 Å². The molecule has 0 atom stereocenters. The van der Waals surface area contributed by atoms with Gasteiger partial charge in [-0.15, -0.1) is 0 Å². The summed E-state index contributed by atoms with van der Waals surface area (Å²) >= 11 is -4.56. The summed E-state index contributed by atoms with van der Waals surface area (Å²) in [5.74, 6) is 0. The van der Waals surface area contributed by atoms with Gasteiger partial charge in [-0.3, -0.25) is 0 Å². The van der Waals surface area contributed by atoms with Gasteiger partial charge in [0.15, 0.2) is 0 Å². The van der Waals surface area contributed by atoms with E-state index in [-0.39, 0.29) is 7.60 Å². The van der Waals surface area contributed by atoms with Crippen molar-refractivity contribution in [2.45, 2.75) is 0 Å². The minimum atomic E-state index is -4.56. The van der Waals surface area contributed by atoms with Gasteiger partial charge in [0.1, 0.15) is 0 Å². The van der Waals surface area contributed by atoms with E-state index in [1.54, 1.807) is 0 Å². The van der Waals surface area contributed by atoms with Gasteiger partial charge in [-0.1, -0.05) is 0 Å². The molecule has 0 aliphatic carbocycles. The Hall–Kier alpha value is -2.98. The normalized spacial score (nSPS) is 11.0. The molecule has 0 aliphatic rings. The summed E-state index contributed by atoms with van der Waals surface area (Å²) in [7, 11) is 0. The molecular weight excluding hydrogens is 463 g/mol. The first-order chi connectivity index (χ1) is 14.2. The van der Waals surface area contributed by atoms with Crippen molar-refractivity contribution in [1.29, 1.82) is 0 Å². The van der Waals surface area contributed by atoms with E-state index < -0.39 is 18.4 Å². The van der Waals surface area contributed by atoms with Crippen LogP contribution < -0.4 is 7.16 Å². The van der Waals surface area contributed by atoms with Gasteiger partial charge < -0.3 is 0 Å². The van der Waals surface area contributed by atoms with Gasteiger partial charge in [-0.05, 0) is 0 Å². The van der Waals surface area contributed by atoms with Crippen molar-refractivity contribution in [3.63, 3.8) is 0 Å². The third-order valence-corrected chi connectivity index (χ3v) is 17.5. The fourth-order valence-corrected chi connectivity index (χ4v) is 15.7. The van der Waals surface area contributed by atoms with Crippen molar-refractivity contribution in [1.82, 2.24) is 0 Å². The van der Waals surface area contributed by atoms with Crippen LogP contribution in [0.2, 0.25) is 0 Å². The second-order valence-electron chi connectivity index (χ2n) is 6.87. The van der Waals surface area contributed by atoms with E-state index >= 15 is 0 Å². The van der Waals surface area contributed by atoms with Crippen LogP contribution in [0.1, 0.15) is 20.7 Å². The topological polar surface area (TPSA) is 34.1 Å². The number of carbonyl (C=O) groups is 2. The summed E-state index contributed by atoms with van der Waals surface area (Å²) < 4.78 is 1.70. The Kier molecular flexibility index (Phi) is 5.72. The molecule has 0 saturated heterocycles. The van der Waals surface area contributed by atoms with Crippen molar-refractivity contribution in [3.8, 4) is 0 Å². The molecule has 0 aromatic heterocycles. The van der Waals surface area contributed by atoms with E-state index in [2.05, 4.69) is 0 Å². The van der Waals surface area contributed by atoms with Gasteiger partial charge in [-0.25, -0.2) is 0 Å². The fraction of sp³-hybridized carbons (Fsp3) is 0. The third kappa shape index (κ3) is 3.56. The molecule has 4 rings (SSSR count). The van der Waals surface area contributed by atoms with Crippen molar-refractivity contribution < 1.29 is 9.59 Å². The molecule has 0 aliphatic heterocycles. The van der Waals surface area contributed by atoms with Crippen LogP contribution in [0.25, 0.3) is 0 Å². The summed E-state index contributed by atoms with van der Waals surface area (Å²) in [6, 6.07) is 37.8. The Morgan fingerprint density at radius 2 is 0.690 bits per heavy atom. The fourth-order valence-electron chi connectivity index (χ4n) is 3.78. The summed E-state index contributed by atoms with van der Waals surface area (Å²) in [4.78, 5) is 28.3. The Morgan fingerprint density at radius 3 is 1.00 bits per heavy atom. The second-order valence-corrected chi connectivity index (χ2v) is 17.0. The molecule has 4 aromatic rings. The maximum absolute atomic E-state index is 14.2. The summed E-state index contributed by atoms with van der Waals surface area (Å²) in [5, 5.41) is 0. The summed E-state index contributed by atoms with van der Waals surface area (Å²) in [6.07, 6.45) is 0. The number of rotatable bonds is 6. The number of benzene rings is 4. The van der Waals surface area contributed by atoms with Gasteiger partial charge in [0, 0.05) is 0 Å². The molecule has 29 heavy (non-hydrogen) atoms. The van der Waals surface area contributed by atoms with E-state index in [1.807, 2.05) is 121 Å². The minimum absolute atomic E-state index is 0.0221. The van der Waals surface area contributed by atoms with Crippen molar-refractivity contribution in [2.75, 3.05) is 0 Å². The van der Waals surface area contributed by atoms with Gasteiger partial charge in [-0.2, -0.15) is 0 Å². The maximum atomic E-state index is 14.2. The SMILES string of the molecule is O=[C](c1ccccc1)[Sn]([C](=O)c1ccccc1)([c]1ccccc1)[c]1ccccc1. The molecule has 0 spiro atoms. The standard InChI is InChI=1S/2C7H5O.2C6H5.Sn/c2*8-6-7-4-2-1-3-5-7;2*1-2-4-6-5-3-1;/h2*1-5H;2*1-5H;. The number of hydrogen-bond donors (Lipinski definition) is 0. The van der Waals surface area contributed by atoms with Crippen LogP contribution in [0.4, 0.5) is 0 Å². The van der Waals surface area contributed by atoms with Crippen LogP contribution in [-0.4, -0.2) is 26.0 Å². The summed E-state index contributed by atoms with van der Waals surface area (Å²) in [6.45, 7) is 0. The molecule has 0 radical (unpaired) electrons. The van der Waals surface area contributed by atoms with Gasteiger partial charge in [0.25, 0.3) is 0 Å². The van der Waals surface area contributed by atoms with Crippen LogP contribution in [0.3, 0.4) is 0 Å². The molecule has 0 unspecified atom stereocenters. The predicted molar refractivity (Wildman–Crippen MR) is 119 cm³/mol. The average Bonchev–Trinajstić information content (AvgIpc) is 2.82. The third-order valence-electron chi connectivity index (χ3n) is 5.17. The first kappa shape index (κ1) is 19.3. The molecule has 4 aromatic carbocycles. The van der Waals surface area contributed by atoms with Crippen LogP contribution in [0, 0.1) is 0 Å². The van der Waals surface area contributed by atoms with E-state index in [0.29, 0.717) is 11.1 Å². The zero-order valence-electron chi connectivity index (χ0n) is 15.9. The summed E-state index contributed by atoms with van der Waals surface area (Å²) in [5.41, 5.74) is 1.19. The molecule has 140 valence electrons. The molecule has 0 N–H and O–H groups in total. The molecule has 0 saturated carbocycles. The van der Waals surface area contributed by atoms with Crippen LogP contribution in [0.5, 0.6) is 0 Å². The zero-order valence-corrected chi connectivity index (χ0v) is 18.7. The van der Waals surface area contributed by atoms with Crippen molar-refractivity contribution in [2.24, 2.45) is 0 Å². The first-order valence-electron chi connectivity index (χ1n) is 9.55. The Morgan fingerprint density at radius 1 is 0.414 bits per heavy atom. The Bertz CT molecular complexity index is 1020. The van der Waals surface area contributed by atoms with E-state index in [9.17, 15) is 9.59 Å². The van der Waals surface area contributed by atoms with E-state index in [0.717, 1.165) is 7.16 Å². The molecule has 0 bridgehead atoms. The number of hydrogen-bond acceptors (Lipinski definition) is 2. The Labute approximate surface area is 174 Å². The second kappa shape index (κ2) is 8.58. The molecular formula is C26H20O2Sn. The van der Waals surface area contributed by atoms with Gasteiger partial charge >= 0.3 is 175 Å². The molecule has 0 amide bonds.